The van der Waals surface area contributed by atoms with E-state index in [0.717, 1.165) is 23.7 Å². The van der Waals surface area contributed by atoms with Crippen LogP contribution in [-0.2, 0) is 0 Å². The molecule has 0 saturated heterocycles. The maximum atomic E-state index is 2.44. The van der Waals surface area contributed by atoms with Crippen molar-refractivity contribution in [2.24, 2.45) is 23.7 Å². The van der Waals surface area contributed by atoms with E-state index in [1.165, 1.54) is 19.3 Å². The zero-order valence-corrected chi connectivity index (χ0v) is 8.43. The molecular weight excluding hydrogens is 132 g/mol. The van der Waals surface area contributed by atoms with Gasteiger partial charge in [0.05, 0.1) is 0 Å². The van der Waals surface area contributed by atoms with Crippen LogP contribution in [0.2, 0.25) is 0 Å². The Morgan fingerprint density at radius 1 is 1.00 bits per heavy atom. The van der Waals surface area contributed by atoms with Gasteiger partial charge in [-0.05, 0) is 30.1 Å². The van der Waals surface area contributed by atoms with Crippen LogP contribution < -0.4 is 0 Å². The lowest BCUT2D eigenvalue weighted by atomic mass is 9.68. The highest BCUT2D eigenvalue weighted by molar-refractivity contribution is 4.80. The Morgan fingerprint density at radius 3 is 2.18 bits per heavy atom. The second kappa shape index (κ2) is 3.60. The van der Waals surface area contributed by atoms with Gasteiger partial charge in [-0.15, -0.1) is 0 Å². The van der Waals surface area contributed by atoms with Crippen molar-refractivity contribution < 1.29 is 0 Å². The molecule has 0 spiro atoms. The van der Waals surface area contributed by atoms with Gasteiger partial charge in [0.1, 0.15) is 0 Å². The molecule has 0 amide bonds. The Bertz CT molecular complexity index is 115. The molecule has 1 saturated carbocycles. The summed E-state index contributed by atoms with van der Waals surface area (Å²) in [5, 5.41) is 0. The van der Waals surface area contributed by atoms with Crippen molar-refractivity contribution in [2.45, 2.75) is 47.0 Å². The van der Waals surface area contributed by atoms with Crippen molar-refractivity contribution >= 4 is 0 Å². The first kappa shape index (κ1) is 9.09. The molecule has 0 aliphatic heterocycles. The van der Waals surface area contributed by atoms with Crippen molar-refractivity contribution in [1.29, 1.82) is 0 Å². The summed E-state index contributed by atoms with van der Waals surface area (Å²) < 4.78 is 0. The summed E-state index contributed by atoms with van der Waals surface area (Å²) in [4.78, 5) is 0. The molecule has 0 aromatic rings. The molecule has 1 rings (SSSR count). The van der Waals surface area contributed by atoms with Crippen LogP contribution >= 0.6 is 0 Å². The predicted molar refractivity (Wildman–Crippen MR) is 50.5 cm³/mol. The van der Waals surface area contributed by atoms with E-state index in [1.807, 2.05) is 0 Å². The van der Waals surface area contributed by atoms with Crippen LogP contribution in [0.4, 0.5) is 0 Å². The van der Waals surface area contributed by atoms with Crippen molar-refractivity contribution in [3.05, 3.63) is 0 Å². The molecule has 0 aromatic carbocycles. The lowest BCUT2D eigenvalue weighted by molar-refractivity contribution is 0.123. The van der Waals surface area contributed by atoms with Crippen LogP contribution in [0.5, 0.6) is 0 Å². The van der Waals surface area contributed by atoms with Gasteiger partial charge in [-0.2, -0.15) is 0 Å². The minimum atomic E-state index is 0.952. The zero-order valence-electron chi connectivity index (χ0n) is 8.43. The lowest BCUT2D eigenvalue weighted by Crippen LogP contribution is -2.29. The van der Waals surface area contributed by atoms with Gasteiger partial charge in [-0.25, -0.2) is 0 Å². The fraction of sp³-hybridized carbons (Fsp3) is 1.00. The Balaban J connectivity index is 2.52. The van der Waals surface area contributed by atoms with Gasteiger partial charge in [0.25, 0.3) is 0 Å². The molecule has 0 heterocycles. The monoisotopic (exact) mass is 154 g/mol. The normalized spacial score (nSPS) is 45.8. The first-order valence-electron chi connectivity index (χ1n) is 5.16. The first-order valence-corrected chi connectivity index (χ1v) is 5.16. The fourth-order valence-corrected chi connectivity index (χ4v) is 2.53. The van der Waals surface area contributed by atoms with Gasteiger partial charge >= 0.3 is 0 Å². The van der Waals surface area contributed by atoms with E-state index in [2.05, 4.69) is 27.7 Å². The minimum absolute atomic E-state index is 0.952. The molecule has 11 heavy (non-hydrogen) atoms. The number of rotatable bonds is 1. The van der Waals surface area contributed by atoms with Crippen LogP contribution in [0.25, 0.3) is 0 Å². The molecule has 1 aliphatic rings. The average molecular weight is 154 g/mol. The van der Waals surface area contributed by atoms with Crippen molar-refractivity contribution in [3.63, 3.8) is 0 Å². The highest BCUT2D eigenvalue weighted by Gasteiger charge is 2.30. The van der Waals surface area contributed by atoms with Gasteiger partial charge in [-0.1, -0.05) is 40.5 Å². The molecule has 0 radical (unpaired) electrons. The molecule has 1 aliphatic carbocycles. The van der Waals surface area contributed by atoms with Crippen LogP contribution in [0, 0.1) is 23.7 Å². The smallest absolute Gasteiger partial charge is 0.0386 e. The van der Waals surface area contributed by atoms with Gasteiger partial charge in [0, 0.05) is 0 Å². The van der Waals surface area contributed by atoms with Crippen molar-refractivity contribution in [2.75, 3.05) is 0 Å². The summed E-state index contributed by atoms with van der Waals surface area (Å²) in [6.07, 6.45) is 4.32. The minimum Gasteiger partial charge on any atom is -0.0651 e. The van der Waals surface area contributed by atoms with Crippen molar-refractivity contribution in [3.8, 4) is 0 Å². The van der Waals surface area contributed by atoms with E-state index in [4.69, 9.17) is 0 Å². The van der Waals surface area contributed by atoms with Crippen LogP contribution in [0.1, 0.15) is 47.0 Å². The van der Waals surface area contributed by atoms with E-state index in [1.54, 1.807) is 0 Å². The summed E-state index contributed by atoms with van der Waals surface area (Å²) in [5.41, 5.74) is 0. The quantitative estimate of drug-likeness (QED) is 0.540. The molecule has 0 aromatic heterocycles. The Labute approximate surface area is 71.4 Å². The number of hydrogen-bond acceptors (Lipinski definition) is 0. The third-order valence-electron chi connectivity index (χ3n) is 3.99. The molecule has 4 atom stereocenters. The Hall–Kier alpha value is 0. The lowest BCUT2D eigenvalue weighted by Gasteiger charge is -2.38. The summed E-state index contributed by atoms with van der Waals surface area (Å²) in [5.74, 6) is 3.89. The summed E-state index contributed by atoms with van der Waals surface area (Å²) >= 11 is 0. The van der Waals surface area contributed by atoms with Crippen molar-refractivity contribution in [1.82, 2.24) is 0 Å². The van der Waals surface area contributed by atoms with E-state index in [9.17, 15) is 0 Å². The summed E-state index contributed by atoms with van der Waals surface area (Å²) in [7, 11) is 0. The first-order chi connectivity index (χ1) is 5.16. The van der Waals surface area contributed by atoms with Crippen LogP contribution in [0.15, 0.2) is 0 Å². The summed E-state index contributed by atoms with van der Waals surface area (Å²) in [6, 6.07) is 0. The second-order valence-electron chi connectivity index (χ2n) is 4.44. The largest absolute Gasteiger partial charge is 0.0651 e. The van der Waals surface area contributed by atoms with E-state index in [0.29, 0.717) is 0 Å². The topological polar surface area (TPSA) is 0 Å². The number of hydrogen-bond donors (Lipinski definition) is 0. The van der Waals surface area contributed by atoms with Crippen LogP contribution in [0.3, 0.4) is 0 Å². The van der Waals surface area contributed by atoms with E-state index < -0.39 is 0 Å². The Morgan fingerprint density at radius 2 is 1.64 bits per heavy atom. The molecule has 0 nitrogen and oxygen atoms in total. The molecule has 0 heteroatoms. The molecule has 1 fully saturated rings. The van der Waals surface area contributed by atoms with Gasteiger partial charge < -0.3 is 0 Å². The standard InChI is InChI=1S/C11H22/c1-5-11-7-6-8(2)9(3)10(11)4/h8-11H,5-7H2,1-4H3/t8-,9+,10+,11-/m0/s1. The highest BCUT2D eigenvalue weighted by atomic mass is 14.4. The highest BCUT2D eigenvalue weighted by Crippen LogP contribution is 2.39. The van der Waals surface area contributed by atoms with E-state index >= 15 is 0 Å². The summed E-state index contributed by atoms with van der Waals surface area (Å²) in [6.45, 7) is 9.61. The molecule has 0 unspecified atom stereocenters. The van der Waals surface area contributed by atoms with E-state index in [-0.39, 0.29) is 0 Å². The predicted octanol–water partition coefficient (Wildman–Crippen LogP) is 3.71. The van der Waals surface area contributed by atoms with Crippen LogP contribution in [-0.4, -0.2) is 0 Å². The molecule has 0 N–H and O–H groups in total. The molecule has 66 valence electrons. The third kappa shape index (κ3) is 1.77. The zero-order chi connectivity index (χ0) is 8.43. The third-order valence-corrected chi connectivity index (χ3v) is 3.99. The van der Waals surface area contributed by atoms with Gasteiger partial charge in [0.15, 0.2) is 0 Å². The second-order valence-corrected chi connectivity index (χ2v) is 4.44. The molecular formula is C11H22. The maximum absolute atomic E-state index is 2.44. The van der Waals surface area contributed by atoms with Gasteiger partial charge in [-0.3, -0.25) is 0 Å². The maximum Gasteiger partial charge on any atom is -0.0386 e. The Kier molecular flexibility index (Phi) is 2.98. The van der Waals surface area contributed by atoms with Gasteiger partial charge in [0.2, 0.25) is 0 Å². The fourth-order valence-electron chi connectivity index (χ4n) is 2.53. The molecule has 0 bridgehead atoms. The SMILES string of the molecule is CC[C@H]1CC[C@H](C)[C@@H](C)[C@H]1C. The average Bonchev–Trinajstić information content (AvgIpc) is 2.01.